The van der Waals surface area contributed by atoms with Gasteiger partial charge >= 0.3 is 5.97 Å². The lowest BCUT2D eigenvalue weighted by Gasteiger charge is -2.32. The van der Waals surface area contributed by atoms with Crippen molar-refractivity contribution in [2.24, 2.45) is 5.92 Å². The number of thiophene rings is 1. The molecule has 0 radical (unpaired) electrons. The van der Waals surface area contributed by atoms with Crippen molar-refractivity contribution in [1.29, 1.82) is 0 Å². The Labute approximate surface area is 146 Å². The average molecular weight is 351 g/mol. The number of rotatable bonds is 6. The Bertz CT molecular complexity index is 606. The summed E-state index contributed by atoms with van der Waals surface area (Å²) in [6.07, 6.45) is 3.89. The van der Waals surface area contributed by atoms with Gasteiger partial charge in [-0.05, 0) is 44.7 Å². The van der Waals surface area contributed by atoms with E-state index in [-0.39, 0.29) is 24.2 Å². The van der Waals surface area contributed by atoms with Gasteiger partial charge < -0.3 is 14.4 Å². The van der Waals surface area contributed by atoms with Crippen molar-refractivity contribution in [3.63, 3.8) is 0 Å². The van der Waals surface area contributed by atoms with Crippen LogP contribution in [0.5, 0.6) is 0 Å². The molecular weight excluding hydrogens is 326 g/mol. The van der Waals surface area contributed by atoms with Crippen LogP contribution in [0.1, 0.15) is 41.9 Å². The molecule has 0 bridgehead atoms. The normalized spacial score (nSPS) is 22.1. The summed E-state index contributed by atoms with van der Waals surface area (Å²) in [6, 6.07) is 4.13. The molecule has 2 fully saturated rings. The third-order valence-corrected chi connectivity index (χ3v) is 6.08. The number of aryl methyl sites for hydroxylation is 1. The summed E-state index contributed by atoms with van der Waals surface area (Å²) in [5.41, 5.74) is -0.551. The number of esters is 1. The number of carbonyl (C=O) groups is 2. The Morgan fingerprint density at radius 3 is 2.79 bits per heavy atom. The van der Waals surface area contributed by atoms with Crippen LogP contribution in [-0.2, 0) is 25.6 Å². The van der Waals surface area contributed by atoms with E-state index in [4.69, 9.17) is 9.47 Å². The van der Waals surface area contributed by atoms with Gasteiger partial charge in [0.25, 0.3) is 0 Å². The first-order valence-corrected chi connectivity index (χ1v) is 9.40. The number of methoxy groups -OCH3 is 1. The molecule has 24 heavy (non-hydrogen) atoms. The van der Waals surface area contributed by atoms with Gasteiger partial charge in [-0.25, -0.2) is 0 Å². The molecule has 1 unspecified atom stereocenters. The summed E-state index contributed by atoms with van der Waals surface area (Å²) < 4.78 is 10.8. The van der Waals surface area contributed by atoms with E-state index in [9.17, 15) is 9.59 Å². The standard InChI is InChI=1S/C18H25NO4S/c1-13-5-6-14(24-13)12-19(9-10-22-2)17(21)15-11-16(20)23-18(15)7-3-4-8-18/h5-6,15H,3-4,7-12H2,1-2H3. The van der Waals surface area contributed by atoms with Crippen molar-refractivity contribution < 1.29 is 19.1 Å². The first-order valence-electron chi connectivity index (χ1n) is 8.59. The van der Waals surface area contributed by atoms with Crippen molar-refractivity contribution in [3.05, 3.63) is 21.9 Å². The van der Waals surface area contributed by atoms with Gasteiger partial charge in [0, 0.05) is 23.4 Å². The molecule has 5 nitrogen and oxygen atoms in total. The topological polar surface area (TPSA) is 55.8 Å². The molecule has 1 aliphatic carbocycles. The predicted molar refractivity (Wildman–Crippen MR) is 91.7 cm³/mol. The molecule has 1 spiro atoms. The lowest BCUT2D eigenvalue weighted by atomic mass is 9.84. The molecule has 6 heteroatoms. The van der Waals surface area contributed by atoms with Gasteiger partial charge in [0.05, 0.1) is 25.5 Å². The quantitative estimate of drug-likeness (QED) is 0.740. The van der Waals surface area contributed by atoms with E-state index in [1.165, 1.54) is 4.88 Å². The summed E-state index contributed by atoms with van der Waals surface area (Å²) in [7, 11) is 1.64. The van der Waals surface area contributed by atoms with E-state index in [1.54, 1.807) is 18.4 Å². The minimum absolute atomic E-state index is 0.0332. The van der Waals surface area contributed by atoms with Gasteiger partial charge in [0.1, 0.15) is 5.60 Å². The smallest absolute Gasteiger partial charge is 0.307 e. The fourth-order valence-electron chi connectivity index (χ4n) is 3.88. The van der Waals surface area contributed by atoms with Gasteiger partial charge in [-0.3, -0.25) is 9.59 Å². The number of amides is 1. The molecule has 1 amide bonds. The summed E-state index contributed by atoms with van der Waals surface area (Å²) in [4.78, 5) is 29.3. The van der Waals surface area contributed by atoms with E-state index in [2.05, 4.69) is 19.1 Å². The molecule has 1 aromatic heterocycles. The fraction of sp³-hybridized carbons (Fsp3) is 0.667. The molecule has 3 rings (SSSR count). The molecule has 1 saturated heterocycles. The zero-order valence-electron chi connectivity index (χ0n) is 14.4. The predicted octanol–water partition coefficient (Wildman–Crippen LogP) is 2.91. The Balaban J connectivity index is 1.78. The van der Waals surface area contributed by atoms with E-state index in [1.807, 2.05) is 4.90 Å². The molecule has 0 aromatic carbocycles. The number of nitrogens with zero attached hydrogens (tertiary/aromatic N) is 1. The second-order valence-corrected chi connectivity index (χ2v) is 8.14. The molecular formula is C18H25NO4S. The number of hydrogen-bond donors (Lipinski definition) is 0. The first-order chi connectivity index (χ1) is 11.5. The molecule has 0 N–H and O–H groups in total. The Hall–Kier alpha value is -1.40. The van der Waals surface area contributed by atoms with E-state index >= 15 is 0 Å². The van der Waals surface area contributed by atoms with Gasteiger partial charge in [0.15, 0.2) is 0 Å². The summed E-state index contributed by atoms with van der Waals surface area (Å²) in [5, 5.41) is 0. The van der Waals surface area contributed by atoms with Crippen LogP contribution in [0.4, 0.5) is 0 Å². The van der Waals surface area contributed by atoms with Gasteiger partial charge in [-0.2, -0.15) is 0 Å². The van der Waals surface area contributed by atoms with Gasteiger partial charge in [0.2, 0.25) is 5.91 Å². The van der Waals surface area contributed by atoms with E-state index in [0.29, 0.717) is 19.7 Å². The first kappa shape index (κ1) is 17.4. The lowest BCUT2D eigenvalue weighted by Crippen LogP contribution is -2.45. The maximum Gasteiger partial charge on any atom is 0.307 e. The molecule has 2 aliphatic rings. The van der Waals surface area contributed by atoms with Crippen LogP contribution in [0.25, 0.3) is 0 Å². The average Bonchev–Trinajstić information content (AvgIpc) is 3.25. The third kappa shape index (κ3) is 3.49. The minimum Gasteiger partial charge on any atom is -0.458 e. The molecule has 1 aliphatic heterocycles. The Kier molecular flexibility index (Phi) is 5.25. The molecule has 132 valence electrons. The van der Waals surface area contributed by atoms with Crippen LogP contribution in [0.2, 0.25) is 0 Å². The maximum atomic E-state index is 13.2. The zero-order valence-corrected chi connectivity index (χ0v) is 15.2. The second-order valence-electron chi connectivity index (χ2n) is 6.77. The highest BCUT2D eigenvalue weighted by Gasteiger charge is 2.54. The Morgan fingerprint density at radius 2 is 2.17 bits per heavy atom. The van der Waals surface area contributed by atoms with Crippen molar-refractivity contribution in [3.8, 4) is 0 Å². The van der Waals surface area contributed by atoms with Crippen LogP contribution in [-0.4, -0.2) is 42.6 Å². The van der Waals surface area contributed by atoms with E-state index in [0.717, 1.165) is 30.6 Å². The summed E-state index contributed by atoms with van der Waals surface area (Å²) in [6.45, 7) is 3.66. The second kappa shape index (κ2) is 7.23. The lowest BCUT2D eigenvalue weighted by molar-refractivity contribution is -0.152. The largest absolute Gasteiger partial charge is 0.458 e. The van der Waals surface area contributed by atoms with Crippen molar-refractivity contribution in [2.45, 2.75) is 51.2 Å². The zero-order chi connectivity index (χ0) is 17.2. The molecule has 1 atom stereocenters. The SMILES string of the molecule is COCCN(Cc1ccc(C)s1)C(=O)C1CC(=O)OC12CCCC2. The fourth-order valence-corrected chi connectivity index (χ4v) is 4.78. The monoisotopic (exact) mass is 351 g/mol. The molecule has 2 heterocycles. The number of hydrogen-bond acceptors (Lipinski definition) is 5. The molecule has 1 saturated carbocycles. The highest BCUT2D eigenvalue weighted by Crippen LogP contribution is 2.46. The molecule has 1 aromatic rings. The Morgan fingerprint density at radius 1 is 1.42 bits per heavy atom. The highest BCUT2D eigenvalue weighted by molar-refractivity contribution is 7.11. The van der Waals surface area contributed by atoms with E-state index < -0.39 is 5.60 Å². The van der Waals surface area contributed by atoms with Crippen LogP contribution < -0.4 is 0 Å². The van der Waals surface area contributed by atoms with Crippen molar-refractivity contribution in [2.75, 3.05) is 20.3 Å². The number of carbonyl (C=O) groups excluding carboxylic acids is 2. The van der Waals surface area contributed by atoms with Crippen molar-refractivity contribution >= 4 is 23.2 Å². The summed E-state index contributed by atoms with van der Waals surface area (Å²) >= 11 is 1.70. The minimum atomic E-state index is -0.551. The van der Waals surface area contributed by atoms with Gasteiger partial charge in [-0.15, -0.1) is 11.3 Å². The number of ether oxygens (including phenoxy) is 2. The van der Waals surface area contributed by atoms with Crippen LogP contribution in [0, 0.1) is 12.8 Å². The summed E-state index contributed by atoms with van der Waals surface area (Å²) in [5.74, 6) is -0.537. The van der Waals surface area contributed by atoms with Crippen LogP contribution >= 0.6 is 11.3 Å². The van der Waals surface area contributed by atoms with Crippen molar-refractivity contribution in [1.82, 2.24) is 4.90 Å². The third-order valence-electron chi connectivity index (χ3n) is 5.09. The van der Waals surface area contributed by atoms with Crippen LogP contribution in [0.3, 0.4) is 0 Å². The maximum absolute atomic E-state index is 13.2. The van der Waals surface area contributed by atoms with Crippen LogP contribution in [0.15, 0.2) is 12.1 Å². The van der Waals surface area contributed by atoms with Gasteiger partial charge in [-0.1, -0.05) is 0 Å². The highest BCUT2D eigenvalue weighted by atomic mass is 32.1.